The molecule has 0 aliphatic rings. The summed E-state index contributed by atoms with van der Waals surface area (Å²) in [6, 6.07) is 1.03. The van der Waals surface area contributed by atoms with Crippen LogP contribution in [0.1, 0.15) is 0 Å². The molecule has 0 saturated carbocycles. The van der Waals surface area contributed by atoms with E-state index in [1.807, 2.05) is 0 Å². The van der Waals surface area contributed by atoms with Gasteiger partial charge in [0.2, 0.25) is 9.84 Å². The normalized spacial score (nSPS) is 11.2. The highest BCUT2D eigenvalue weighted by molar-refractivity contribution is 9.10. The van der Waals surface area contributed by atoms with Crippen molar-refractivity contribution in [3.8, 4) is 0 Å². The van der Waals surface area contributed by atoms with Crippen molar-refractivity contribution in [2.24, 2.45) is 0 Å². The molecule has 0 bridgehead atoms. The van der Waals surface area contributed by atoms with Crippen LogP contribution < -0.4 is 0 Å². The van der Waals surface area contributed by atoms with Crippen molar-refractivity contribution in [3.05, 3.63) is 34.5 Å². The highest BCUT2D eigenvalue weighted by Gasteiger charge is 2.17. The Morgan fingerprint density at radius 1 is 1.62 bits per heavy atom. The van der Waals surface area contributed by atoms with E-state index in [0.717, 1.165) is 6.07 Å². The van der Waals surface area contributed by atoms with Gasteiger partial charge in [-0.1, -0.05) is 6.58 Å². The monoisotopic (exact) mass is 265 g/mol. The van der Waals surface area contributed by atoms with Crippen LogP contribution in [-0.4, -0.2) is 13.4 Å². The molecule has 1 rings (SSSR count). The Morgan fingerprint density at radius 2 is 2.23 bits per heavy atom. The van der Waals surface area contributed by atoms with Crippen molar-refractivity contribution in [2.75, 3.05) is 0 Å². The number of hydrogen-bond donors (Lipinski definition) is 0. The van der Waals surface area contributed by atoms with Crippen LogP contribution in [0.25, 0.3) is 0 Å². The highest BCUT2D eigenvalue weighted by Crippen LogP contribution is 2.17. The van der Waals surface area contributed by atoms with Crippen LogP contribution in [0.2, 0.25) is 0 Å². The second-order valence-electron chi connectivity index (χ2n) is 2.15. The van der Waals surface area contributed by atoms with Crippen LogP contribution in [-0.2, 0) is 9.84 Å². The van der Waals surface area contributed by atoms with Gasteiger partial charge in [-0.05, 0) is 22.0 Å². The largest absolute Gasteiger partial charge is 0.241 e. The summed E-state index contributed by atoms with van der Waals surface area (Å²) < 4.78 is 35.6. The summed E-state index contributed by atoms with van der Waals surface area (Å²) in [5.74, 6) is -0.894. The van der Waals surface area contributed by atoms with E-state index in [-0.39, 0.29) is 0 Å². The lowest BCUT2D eigenvalue weighted by Gasteiger charge is -1.99. The Balaban J connectivity index is 3.41. The molecule has 0 N–H and O–H groups in total. The Kier molecular flexibility index (Phi) is 2.82. The molecule has 0 radical (unpaired) electrons. The van der Waals surface area contributed by atoms with Crippen LogP contribution in [0.4, 0.5) is 4.39 Å². The zero-order valence-corrected chi connectivity index (χ0v) is 8.77. The zero-order chi connectivity index (χ0) is 10.1. The molecule has 1 aromatic heterocycles. The van der Waals surface area contributed by atoms with E-state index in [9.17, 15) is 12.8 Å². The molecule has 3 nitrogen and oxygen atoms in total. The lowest BCUT2D eigenvalue weighted by Crippen LogP contribution is -2.02. The first-order valence-electron chi connectivity index (χ1n) is 3.16. The van der Waals surface area contributed by atoms with E-state index < -0.39 is 20.7 Å². The molecule has 0 atom stereocenters. The fourth-order valence-electron chi connectivity index (χ4n) is 0.690. The first kappa shape index (κ1) is 10.3. The number of pyridine rings is 1. The molecular formula is C7H5BrFNO2S. The Morgan fingerprint density at radius 3 is 2.69 bits per heavy atom. The summed E-state index contributed by atoms with van der Waals surface area (Å²) >= 11 is 2.96. The molecule has 0 aliphatic heterocycles. The number of sulfone groups is 1. The number of hydrogen-bond acceptors (Lipinski definition) is 3. The summed E-state index contributed by atoms with van der Waals surface area (Å²) in [7, 11) is -3.79. The second-order valence-corrected chi connectivity index (χ2v) is 4.88. The third kappa shape index (κ3) is 2.13. The Hall–Kier alpha value is -0.750. The number of halogens is 2. The van der Waals surface area contributed by atoms with Gasteiger partial charge in [-0.15, -0.1) is 0 Å². The maximum atomic E-state index is 13.0. The van der Waals surface area contributed by atoms with Crippen LogP contribution in [0, 0.1) is 5.82 Å². The third-order valence-electron chi connectivity index (χ3n) is 1.26. The molecule has 0 aliphatic carbocycles. The molecule has 0 saturated heterocycles. The molecule has 0 amide bonds. The van der Waals surface area contributed by atoms with Gasteiger partial charge < -0.3 is 0 Å². The van der Waals surface area contributed by atoms with Crippen molar-refractivity contribution >= 4 is 25.8 Å². The first-order chi connectivity index (χ1) is 5.97. The lowest BCUT2D eigenvalue weighted by atomic mass is 10.5. The zero-order valence-electron chi connectivity index (χ0n) is 6.37. The maximum absolute atomic E-state index is 13.0. The van der Waals surface area contributed by atoms with Gasteiger partial charge >= 0.3 is 0 Å². The number of rotatable bonds is 2. The van der Waals surface area contributed by atoms with E-state index in [4.69, 9.17) is 0 Å². The number of nitrogens with zero attached hydrogens (tertiary/aromatic N) is 1. The van der Waals surface area contributed by atoms with Crippen molar-refractivity contribution in [1.82, 2.24) is 4.98 Å². The van der Waals surface area contributed by atoms with Crippen molar-refractivity contribution in [2.45, 2.75) is 5.03 Å². The number of aromatic nitrogens is 1. The molecule has 0 spiro atoms. The van der Waals surface area contributed by atoms with E-state index in [0.29, 0.717) is 9.88 Å². The predicted molar refractivity (Wildman–Crippen MR) is 49.3 cm³/mol. The first-order valence-corrected chi connectivity index (χ1v) is 5.50. The van der Waals surface area contributed by atoms with Gasteiger partial charge in [0.25, 0.3) is 0 Å². The minimum atomic E-state index is -3.79. The molecule has 0 aromatic carbocycles. The maximum Gasteiger partial charge on any atom is 0.219 e. The molecule has 1 heterocycles. The molecule has 70 valence electrons. The van der Waals surface area contributed by atoms with Crippen molar-refractivity contribution in [1.29, 1.82) is 0 Å². The van der Waals surface area contributed by atoms with Gasteiger partial charge in [-0.2, -0.15) is 0 Å². The van der Waals surface area contributed by atoms with Crippen LogP contribution in [0.15, 0.2) is 33.7 Å². The van der Waals surface area contributed by atoms with Gasteiger partial charge in [-0.25, -0.2) is 17.8 Å². The average Bonchev–Trinajstić information content (AvgIpc) is 2.03. The van der Waals surface area contributed by atoms with Crippen LogP contribution in [0.5, 0.6) is 0 Å². The quantitative estimate of drug-likeness (QED) is 0.821. The molecular weight excluding hydrogens is 261 g/mol. The SMILES string of the molecule is C=CS(=O)(=O)c1ncc(Br)cc1F. The Labute approximate surface area is 83.3 Å². The van der Waals surface area contributed by atoms with Gasteiger partial charge in [0.05, 0.1) is 0 Å². The lowest BCUT2D eigenvalue weighted by molar-refractivity contribution is 0.558. The summed E-state index contributed by atoms with van der Waals surface area (Å²) in [4.78, 5) is 3.44. The summed E-state index contributed by atoms with van der Waals surface area (Å²) in [6.07, 6.45) is 1.21. The average molecular weight is 266 g/mol. The predicted octanol–water partition coefficient (Wildman–Crippen LogP) is 1.90. The van der Waals surface area contributed by atoms with Gasteiger partial charge in [0.1, 0.15) is 0 Å². The van der Waals surface area contributed by atoms with Crippen LogP contribution in [0.3, 0.4) is 0 Å². The molecule has 0 unspecified atom stereocenters. The summed E-state index contributed by atoms with van der Waals surface area (Å²) in [5.41, 5.74) is 0. The van der Waals surface area contributed by atoms with E-state index >= 15 is 0 Å². The topological polar surface area (TPSA) is 47.0 Å². The third-order valence-corrected chi connectivity index (χ3v) is 2.97. The van der Waals surface area contributed by atoms with Crippen molar-refractivity contribution < 1.29 is 12.8 Å². The van der Waals surface area contributed by atoms with Gasteiger partial charge in [0, 0.05) is 16.1 Å². The minimum Gasteiger partial charge on any atom is -0.241 e. The smallest absolute Gasteiger partial charge is 0.219 e. The minimum absolute atomic E-state index is 0.382. The van der Waals surface area contributed by atoms with Crippen molar-refractivity contribution in [3.63, 3.8) is 0 Å². The van der Waals surface area contributed by atoms with Gasteiger partial charge in [-0.3, -0.25) is 0 Å². The van der Waals surface area contributed by atoms with E-state index in [2.05, 4.69) is 27.5 Å². The van der Waals surface area contributed by atoms with Crippen LogP contribution >= 0.6 is 15.9 Å². The summed E-state index contributed by atoms with van der Waals surface area (Å²) in [5, 5.41) is 0.0532. The highest BCUT2D eigenvalue weighted by atomic mass is 79.9. The standard InChI is InChI=1S/C7H5BrFNO2S/c1-2-13(11,12)7-6(9)3-5(8)4-10-7/h2-4H,1H2. The summed E-state index contributed by atoms with van der Waals surface area (Å²) in [6.45, 7) is 3.07. The fraction of sp³-hybridized carbons (Fsp3) is 0. The molecule has 13 heavy (non-hydrogen) atoms. The molecule has 6 heteroatoms. The van der Waals surface area contributed by atoms with Gasteiger partial charge in [0.15, 0.2) is 10.8 Å². The van der Waals surface area contributed by atoms with E-state index in [1.54, 1.807) is 0 Å². The van der Waals surface area contributed by atoms with E-state index in [1.165, 1.54) is 6.20 Å². The second kappa shape index (κ2) is 3.55. The molecule has 0 fully saturated rings. The Bertz CT molecular complexity index is 444. The fourth-order valence-corrected chi connectivity index (χ4v) is 1.68. The molecule has 1 aromatic rings.